The number of rotatable bonds is 5. The molecule has 3 unspecified atom stereocenters. The van der Waals surface area contributed by atoms with Crippen LogP contribution in [0.2, 0.25) is 0 Å². The molecule has 3 atom stereocenters. The molecule has 0 spiro atoms. The standard InChI is InChI=1S/C18H25N3O7S/c1-11-9-21(10-12(2)27-11)29(25,26)15-7-5-6-14(8-15)17(23)28-13(3)16(22)20-18(24)19-4/h5-8,11-13H,9-10H2,1-4H3,(H2,19,20,22,24). The number of carbonyl (C=O) groups excluding carboxylic acids is 3. The zero-order valence-corrected chi connectivity index (χ0v) is 17.5. The van der Waals surface area contributed by atoms with Crippen molar-refractivity contribution in [3.63, 3.8) is 0 Å². The average molecular weight is 427 g/mol. The Labute approximate surface area is 169 Å². The van der Waals surface area contributed by atoms with Gasteiger partial charge in [-0.1, -0.05) is 6.07 Å². The summed E-state index contributed by atoms with van der Waals surface area (Å²) in [6.07, 6.45) is -1.75. The van der Waals surface area contributed by atoms with Crippen LogP contribution in [0.4, 0.5) is 4.79 Å². The second-order valence-corrected chi connectivity index (χ2v) is 8.66. The molecule has 0 bridgehead atoms. The van der Waals surface area contributed by atoms with Gasteiger partial charge in [0, 0.05) is 20.1 Å². The van der Waals surface area contributed by atoms with Gasteiger partial charge in [-0.05, 0) is 39.0 Å². The summed E-state index contributed by atoms with van der Waals surface area (Å²) in [6, 6.07) is 4.66. The number of ether oxygens (including phenoxy) is 2. The van der Waals surface area contributed by atoms with Gasteiger partial charge in [-0.15, -0.1) is 0 Å². The monoisotopic (exact) mass is 427 g/mol. The largest absolute Gasteiger partial charge is 0.449 e. The van der Waals surface area contributed by atoms with Crippen molar-refractivity contribution in [3.8, 4) is 0 Å². The zero-order chi connectivity index (χ0) is 21.8. The van der Waals surface area contributed by atoms with Crippen LogP contribution < -0.4 is 10.6 Å². The Balaban J connectivity index is 2.15. The predicted molar refractivity (Wildman–Crippen MR) is 103 cm³/mol. The smallest absolute Gasteiger partial charge is 0.338 e. The Morgan fingerprint density at radius 1 is 1.21 bits per heavy atom. The second kappa shape index (κ2) is 9.33. The van der Waals surface area contributed by atoms with Gasteiger partial charge in [0.2, 0.25) is 10.0 Å². The molecule has 29 heavy (non-hydrogen) atoms. The maximum atomic E-state index is 12.9. The van der Waals surface area contributed by atoms with Crippen LogP contribution in [0.1, 0.15) is 31.1 Å². The van der Waals surface area contributed by atoms with Gasteiger partial charge < -0.3 is 14.8 Å². The molecular formula is C18H25N3O7S. The number of amides is 3. The van der Waals surface area contributed by atoms with E-state index in [9.17, 15) is 22.8 Å². The van der Waals surface area contributed by atoms with E-state index in [4.69, 9.17) is 9.47 Å². The molecule has 1 aromatic carbocycles. The van der Waals surface area contributed by atoms with E-state index in [2.05, 4.69) is 5.32 Å². The Morgan fingerprint density at radius 2 is 1.83 bits per heavy atom. The highest BCUT2D eigenvalue weighted by Gasteiger charge is 2.32. The number of sulfonamides is 1. The summed E-state index contributed by atoms with van der Waals surface area (Å²) in [5, 5.41) is 4.20. The van der Waals surface area contributed by atoms with Crippen LogP contribution in [-0.4, -0.2) is 69.1 Å². The summed E-state index contributed by atoms with van der Waals surface area (Å²) in [5.41, 5.74) is -0.0278. The number of morpholine rings is 1. The van der Waals surface area contributed by atoms with E-state index >= 15 is 0 Å². The summed E-state index contributed by atoms with van der Waals surface area (Å²) >= 11 is 0. The van der Waals surface area contributed by atoms with Crippen molar-refractivity contribution in [2.45, 2.75) is 44.0 Å². The van der Waals surface area contributed by atoms with Gasteiger partial charge in [0.15, 0.2) is 6.10 Å². The fraction of sp³-hybridized carbons (Fsp3) is 0.500. The Hall–Kier alpha value is -2.50. The number of nitrogens with zero attached hydrogens (tertiary/aromatic N) is 1. The van der Waals surface area contributed by atoms with Crippen molar-refractivity contribution in [2.75, 3.05) is 20.1 Å². The normalized spacial score (nSPS) is 21.1. The maximum absolute atomic E-state index is 12.9. The van der Waals surface area contributed by atoms with E-state index in [1.165, 1.54) is 42.5 Å². The van der Waals surface area contributed by atoms with Crippen molar-refractivity contribution < 1.29 is 32.3 Å². The lowest BCUT2D eigenvalue weighted by molar-refractivity contribution is -0.127. The average Bonchev–Trinajstić information content (AvgIpc) is 2.67. The van der Waals surface area contributed by atoms with Crippen LogP contribution in [0.5, 0.6) is 0 Å². The third-order valence-corrected chi connectivity index (χ3v) is 6.04. The molecule has 0 radical (unpaired) electrons. The first kappa shape index (κ1) is 22.8. The Kier molecular flexibility index (Phi) is 7.33. The van der Waals surface area contributed by atoms with E-state index in [0.717, 1.165) is 0 Å². The van der Waals surface area contributed by atoms with Crippen molar-refractivity contribution in [2.24, 2.45) is 0 Å². The molecule has 1 aliphatic heterocycles. The van der Waals surface area contributed by atoms with Gasteiger partial charge in [0.1, 0.15) is 0 Å². The van der Waals surface area contributed by atoms with Gasteiger partial charge in [0.25, 0.3) is 5.91 Å². The van der Waals surface area contributed by atoms with E-state index in [1.807, 2.05) is 5.32 Å². The lowest BCUT2D eigenvalue weighted by Crippen LogP contribution is -2.48. The molecule has 3 amide bonds. The van der Waals surface area contributed by atoms with Crippen LogP contribution in [0.3, 0.4) is 0 Å². The first-order valence-electron chi connectivity index (χ1n) is 9.03. The molecule has 0 saturated carbocycles. The fourth-order valence-corrected chi connectivity index (χ4v) is 4.45. The van der Waals surface area contributed by atoms with Crippen LogP contribution in [0.25, 0.3) is 0 Å². The summed E-state index contributed by atoms with van der Waals surface area (Å²) in [5.74, 6) is -1.69. The SMILES string of the molecule is CNC(=O)NC(=O)C(C)OC(=O)c1cccc(S(=O)(=O)N2CC(C)OC(C)C2)c1. The van der Waals surface area contributed by atoms with Crippen LogP contribution in [0, 0.1) is 0 Å². The fourth-order valence-electron chi connectivity index (χ4n) is 2.82. The minimum absolute atomic E-state index is 0.0278. The molecule has 10 nitrogen and oxygen atoms in total. The highest BCUT2D eigenvalue weighted by molar-refractivity contribution is 7.89. The third kappa shape index (κ3) is 5.75. The topological polar surface area (TPSA) is 131 Å². The Bertz CT molecular complexity index is 877. The molecule has 1 fully saturated rings. The first-order valence-corrected chi connectivity index (χ1v) is 10.5. The molecule has 1 aliphatic rings. The molecule has 160 valence electrons. The predicted octanol–water partition coefficient (Wildman–Crippen LogP) is 0.485. The van der Waals surface area contributed by atoms with Crippen LogP contribution in [0.15, 0.2) is 29.2 Å². The molecule has 1 saturated heterocycles. The number of hydrogen-bond donors (Lipinski definition) is 2. The summed E-state index contributed by atoms with van der Waals surface area (Å²) in [6.45, 7) is 5.29. The first-order chi connectivity index (χ1) is 13.5. The third-order valence-electron chi connectivity index (χ3n) is 4.21. The van der Waals surface area contributed by atoms with E-state index < -0.39 is 34.0 Å². The second-order valence-electron chi connectivity index (χ2n) is 6.72. The summed E-state index contributed by atoms with van der Waals surface area (Å²) in [7, 11) is -2.50. The van der Waals surface area contributed by atoms with Crippen molar-refractivity contribution in [3.05, 3.63) is 29.8 Å². The number of benzene rings is 1. The molecule has 2 rings (SSSR count). The number of hydrogen-bond acceptors (Lipinski definition) is 7. The molecular weight excluding hydrogens is 402 g/mol. The zero-order valence-electron chi connectivity index (χ0n) is 16.7. The summed E-state index contributed by atoms with van der Waals surface area (Å²) < 4.78 is 37.8. The lowest BCUT2D eigenvalue weighted by atomic mass is 10.2. The van der Waals surface area contributed by atoms with Crippen LogP contribution in [-0.2, 0) is 24.3 Å². The quantitative estimate of drug-likeness (QED) is 0.654. The molecule has 0 aliphatic carbocycles. The number of urea groups is 1. The minimum Gasteiger partial charge on any atom is -0.449 e. The van der Waals surface area contributed by atoms with Crippen molar-refractivity contribution in [1.29, 1.82) is 0 Å². The van der Waals surface area contributed by atoms with Gasteiger partial charge in [0.05, 0.1) is 22.7 Å². The number of nitrogens with one attached hydrogen (secondary N) is 2. The molecule has 11 heteroatoms. The highest BCUT2D eigenvalue weighted by atomic mass is 32.2. The number of esters is 1. The van der Waals surface area contributed by atoms with E-state index in [-0.39, 0.29) is 35.8 Å². The molecule has 1 heterocycles. The van der Waals surface area contributed by atoms with Gasteiger partial charge in [-0.25, -0.2) is 18.0 Å². The van der Waals surface area contributed by atoms with E-state index in [0.29, 0.717) is 0 Å². The number of imide groups is 1. The molecule has 0 aromatic heterocycles. The van der Waals surface area contributed by atoms with Gasteiger partial charge in [-0.3, -0.25) is 10.1 Å². The van der Waals surface area contributed by atoms with Crippen molar-refractivity contribution >= 4 is 27.9 Å². The molecule has 1 aromatic rings. The van der Waals surface area contributed by atoms with Crippen molar-refractivity contribution in [1.82, 2.24) is 14.9 Å². The lowest BCUT2D eigenvalue weighted by Gasteiger charge is -2.34. The number of carbonyl (C=O) groups is 3. The van der Waals surface area contributed by atoms with Gasteiger partial charge in [-0.2, -0.15) is 4.31 Å². The van der Waals surface area contributed by atoms with Crippen LogP contribution >= 0.6 is 0 Å². The molecule has 2 N–H and O–H groups in total. The highest BCUT2D eigenvalue weighted by Crippen LogP contribution is 2.22. The Morgan fingerprint density at radius 3 is 2.41 bits per heavy atom. The van der Waals surface area contributed by atoms with E-state index in [1.54, 1.807) is 13.8 Å². The van der Waals surface area contributed by atoms with Gasteiger partial charge >= 0.3 is 12.0 Å². The minimum atomic E-state index is -3.83. The summed E-state index contributed by atoms with van der Waals surface area (Å²) in [4.78, 5) is 35.3. The maximum Gasteiger partial charge on any atom is 0.338 e.